The fraction of sp³-hybridized carbons (Fsp3) is 0.348. The molecule has 0 saturated heterocycles. The van der Waals surface area contributed by atoms with E-state index in [-0.39, 0.29) is 17.9 Å². The lowest BCUT2D eigenvalue weighted by atomic mass is 9.91. The second kappa shape index (κ2) is 6.89. The van der Waals surface area contributed by atoms with Crippen molar-refractivity contribution in [3.8, 4) is 0 Å². The van der Waals surface area contributed by atoms with Crippen molar-refractivity contribution in [1.29, 1.82) is 0 Å². The number of amides is 1. The third-order valence-corrected chi connectivity index (χ3v) is 5.97. The fourth-order valence-electron chi connectivity index (χ4n) is 4.36. The Balaban J connectivity index is 1.54. The van der Waals surface area contributed by atoms with Crippen LogP contribution in [0.3, 0.4) is 0 Å². The number of aromatic nitrogens is 2. The molecule has 5 heteroatoms. The lowest BCUT2D eigenvalue weighted by Crippen LogP contribution is -2.39. The molecule has 142 valence electrons. The Morgan fingerprint density at radius 3 is 2.86 bits per heavy atom. The summed E-state index contributed by atoms with van der Waals surface area (Å²) in [6.45, 7) is 0.714. The Morgan fingerprint density at radius 1 is 1.21 bits per heavy atom. The highest BCUT2D eigenvalue weighted by Gasteiger charge is 2.33. The molecule has 5 rings (SSSR count). The van der Waals surface area contributed by atoms with Gasteiger partial charge in [-0.2, -0.15) is 0 Å². The fourth-order valence-corrected chi connectivity index (χ4v) is 4.36. The van der Waals surface area contributed by atoms with Crippen molar-refractivity contribution >= 4 is 23.1 Å². The number of benzene rings is 1. The maximum atomic E-state index is 12.2. The van der Waals surface area contributed by atoms with E-state index in [4.69, 9.17) is 0 Å². The minimum atomic E-state index is 0.175. The smallest absolute Gasteiger partial charge is 0.223 e. The quantitative estimate of drug-likeness (QED) is 0.698. The number of hydrogen-bond acceptors (Lipinski definition) is 3. The molecule has 1 fully saturated rings. The molecule has 1 aromatic carbocycles. The van der Waals surface area contributed by atoms with Gasteiger partial charge in [-0.3, -0.25) is 14.6 Å². The zero-order valence-corrected chi connectivity index (χ0v) is 15.7. The van der Waals surface area contributed by atoms with Gasteiger partial charge in [0.1, 0.15) is 6.29 Å². The summed E-state index contributed by atoms with van der Waals surface area (Å²) in [5, 5.41) is 4.37. The molecule has 0 bridgehead atoms. The maximum Gasteiger partial charge on any atom is 0.223 e. The van der Waals surface area contributed by atoms with Crippen molar-refractivity contribution in [3.05, 3.63) is 65.1 Å². The summed E-state index contributed by atoms with van der Waals surface area (Å²) >= 11 is 0. The predicted octanol–water partition coefficient (Wildman–Crippen LogP) is 3.28. The average molecular weight is 373 g/mol. The molecule has 2 aliphatic rings. The van der Waals surface area contributed by atoms with Crippen LogP contribution >= 0.6 is 0 Å². The Hall–Kier alpha value is -2.95. The Labute approximate surface area is 163 Å². The number of fused-ring (bicyclic) bond motifs is 3. The summed E-state index contributed by atoms with van der Waals surface area (Å²) in [5.74, 6) is 0.438. The van der Waals surface area contributed by atoms with Gasteiger partial charge in [-0.1, -0.05) is 6.07 Å². The van der Waals surface area contributed by atoms with Crippen LogP contribution in [0.4, 0.5) is 0 Å². The van der Waals surface area contributed by atoms with Crippen LogP contribution in [0.2, 0.25) is 0 Å². The number of nitrogens with one attached hydrogen (secondary N) is 1. The molecule has 2 aromatic heterocycles. The summed E-state index contributed by atoms with van der Waals surface area (Å²) in [6, 6.07) is 12.1. The van der Waals surface area contributed by atoms with Gasteiger partial charge < -0.3 is 9.88 Å². The van der Waals surface area contributed by atoms with Gasteiger partial charge >= 0.3 is 0 Å². The second-order valence-electron chi connectivity index (χ2n) is 7.95. The molecule has 28 heavy (non-hydrogen) atoms. The van der Waals surface area contributed by atoms with Crippen molar-refractivity contribution < 1.29 is 9.59 Å². The van der Waals surface area contributed by atoms with Gasteiger partial charge in [0.15, 0.2) is 0 Å². The second-order valence-corrected chi connectivity index (χ2v) is 7.95. The van der Waals surface area contributed by atoms with E-state index in [0.717, 1.165) is 55.0 Å². The molecule has 0 aliphatic heterocycles. The number of hydrogen-bond donors (Lipinski definition) is 1. The number of aldehydes is 1. The molecule has 1 amide bonds. The van der Waals surface area contributed by atoms with Crippen LogP contribution in [-0.4, -0.2) is 27.8 Å². The van der Waals surface area contributed by atoms with Crippen LogP contribution in [0, 0.1) is 5.92 Å². The van der Waals surface area contributed by atoms with E-state index in [2.05, 4.69) is 14.9 Å². The Morgan fingerprint density at radius 2 is 2.11 bits per heavy atom. The van der Waals surface area contributed by atoms with Crippen LogP contribution in [0.25, 0.3) is 10.9 Å². The van der Waals surface area contributed by atoms with Crippen LogP contribution in [0.1, 0.15) is 46.6 Å². The normalized spacial score (nSPS) is 18.6. The van der Waals surface area contributed by atoms with E-state index in [1.54, 1.807) is 0 Å². The van der Waals surface area contributed by atoms with Crippen molar-refractivity contribution in [2.24, 2.45) is 5.92 Å². The first-order valence-electron chi connectivity index (χ1n) is 10.0. The standard InChI is InChI=1S/C23H23N3O2/c27-14-15-4-8-21-19(11-15)20-12-17(25-23(28)16-5-6-16)7-9-22(20)26(21)13-18-3-1-2-10-24-18/h1-4,8,10-11,14,16-17H,5-7,9,12-13H2,(H,25,28). The zero-order valence-electron chi connectivity index (χ0n) is 15.7. The lowest BCUT2D eigenvalue weighted by Gasteiger charge is -2.25. The third kappa shape index (κ3) is 3.11. The van der Waals surface area contributed by atoms with Crippen molar-refractivity contribution in [2.45, 2.75) is 44.7 Å². The number of nitrogens with zero attached hydrogens (tertiary/aromatic N) is 2. The van der Waals surface area contributed by atoms with Gasteiger partial charge in [0.05, 0.1) is 12.2 Å². The highest BCUT2D eigenvalue weighted by molar-refractivity contribution is 5.91. The monoisotopic (exact) mass is 373 g/mol. The summed E-state index contributed by atoms with van der Waals surface area (Å²) in [5.41, 5.74) is 5.42. The Bertz CT molecular complexity index is 1050. The molecular weight excluding hydrogens is 350 g/mol. The predicted molar refractivity (Wildman–Crippen MR) is 107 cm³/mol. The van der Waals surface area contributed by atoms with Crippen LogP contribution in [-0.2, 0) is 24.2 Å². The molecule has 0 radical (unpaired) electrons. The largest absolute Gasteiger partial charge is 0.353 e. The van der Waals surface area contributed by atoms with Crippen molar-refractivity contribution in [2.75, 3.05) is 0 Å². The molecule has 2 aliphatic carbocycles. The van der Waals surface area contributed by atoms with E-state index in [1.807, 2.05) is 42.6 Å². The highest BCUT2D eigenvalue weighted by Crippen LogP contribution is 2.34. The number of carbonyl (C=O) groups excluding carboxylic acids is 2. The van der Waals surface area contributed by atoms with Crippen molar-refractivity contribution in [1.82, 2.24) is 14.9 Å². The number of carbonyl (C=O) groups is 2. The SMILES string of the molecule is O=Cc1ccc2c(c1)c1c(n2Cc2ccccn2)CCC(NC(=O)C2CC2)C1. The van der Waals surface area contributed by atoms with Gasteiger partial charge in [-0.15, -0.1) is 0 Å². The van der Waals surface area contributed by atoms with Gasteiger partial charge in [-0.25, -0.2) is 0 Å². The lowest BCUT2D eigenvalue weighted by molar-refractivity contribution is -0.123. The van der Waals surface area contributed by atoms with Gasteiger partial charge in [-0.05, 0) is 68.0 Å². The number of rotatable bonds is 5. The summed E-state index contributed by atoms with van der Waals surface area (Å²) < 4.78 is 2.33. The summed E-state index contributed by atoms with van der Waals surface area (Å²) in [4.78, 5) is 28.0. The van der Waals surface area contributed by atoms with Crippen molar-refractivity contribution in [3.63, 3.8) is 0 Å². The first kappa shape index (κ1) is 17.2. The molecule has 1 saturated carbocycles. The topological polar surface area (TPSA) is 64.0 Å². The van der Waals surface area contributed by atoms with Crippen LogP contribution in [0.5, 0.6) is 0 Å². The van der Waals surface area contributed by atoms with Crippen LogP contribution < -0.4 is 5.32 Å². The van der Waals surface area contributed by atoms with Gasteiger partial charge in [0.2, 0.25) is 5.91 Å². The minimum Gasteiger partial charge on any atom is -0.353 e. The van der Waals surface area contributed by atoms with Gasteiger partial charge in [0.25, 0.3) is 0 Å². The molecule has 5 nitrogen and oxygen atoms in total. The number of pyridine rings is 1. The van der Waals surface area contributed by atoms with E-state index >= 15 is 0 Å². The molecule has 2 heterocycles. The average Bonchev–Trinajstić information content (AvgIpc) is 3.54. The van der Waals surface area contributed by atoms with Crippen LogP contribution in [0.15, 0.2) is 42.6 Å². The summed E-state index contributed by atoms with van der Waals surface area (Å²) in [6.07, 6.45) is 7.46. The van der Waals surface area contributed by atoms with E-state index in [1.165, 1.54) is 11.3 Å². The van der Waals surface area contributed by atoms with Gasteiger partial charge in [0, 0.05) is 40.3 Å². The van der Waals surface area contributed by atoms with E-state index in [0.29, 0.717) is 12.1 Å². The minimum absolute atomic E-state index is 0.175. The third-order valence-electron chi connectivity index (χ3n) is 5.97. The maximum absolute atomic E-state index is 12.2. The Kier molecular flexibility index (Phi) is 4.23. The first-order valence-corrected chi connectivity index (χ1v) is 10.0. The molecule has 3 aromatic rings. The van der Waals surface area contributed by atoms with E-state index in [9.17, 15) is 9.59 Å². The molecule has 1 atom stereocenters. The molecule has 1 N–H and O–H groups in total. The molecule has 1 unspecified atom stereocenters. The van der Waals surface area contributed by atoms with E-state index < -0.39 is 0 Å². The molecular formula is C23H23N3O2. The highest BCUT2D eigenvalue weighted by atomic mass is 16.2. The zero-order chi connectivity index (χ0) is 19.1. The first-order chi connectivity index (χ1) is 13.7. The summed E-state index contributed by atoms with van der Waals surface area (Å²) in [7, 11) is 0. The molecule has 0 spiro atoms.